The molecule has 1 amide bonds. The van der Waals surface area contributed by atoms with Gasteiger partial charge in [-0.1, -0.05) is 13.8 Å². The molecule has 1 aromatic rings. The van der Waals surface area contributed by atoms with Crippen molar-refractivity contribution >= 4 is 11.9 Å². The Bertz CT molecular complexity index is 680. The number of amides is 1. The summed E-state index contributed by atoms with van der Waals surface area (Å²) < 4.78 is 11.3. The minimum atomic E-state index is -1.33. The summed E-state index contributed by atoms with van der Waals surface area (Å²) in [6.07, 6.45) is 2.51. The van der Waals surface area contributed by atoms with E-state index in [0.29, 0.717) is 24.7 Å². The van der Waals surface area contributed by atoms with Crippen molar-refractivity contribution in [2.75, 3.05) is 13.2 Å². The third-order valence-corrected chi connectivity index (χ3v) is 5.76. The number of benzene rings is 1. The number of hydrogen-bond acceptors (Lipinski definition) is 4. The van der Waals surface area contributed by atoms with Gasteiger partial charge in [0.1, 0.15) is 11.3 Å². The van der Waals surface area contributed by atoms with E-state index < -0.39 is 22.8 Å². The highest BCUT2D eigenvalue weighted by molar-refractivity contribution is 5.98. The highest BCUT2D eigenvalue weighted by Crippen LogP contribution is 2.51. The molecule has 2 unspecified atom stereocenters. The topological polar surface area (TPSA) is 84.9 Å². The van der Waals surface area contributed by atoms with Crippen LogP contribution in [0.5, 0.6) is 5.75 Å². The molecule has 2 saturated carbocycles. The zero-order chi connectivity index (χ0) is 18.9. The van der Waals surface area contributed by atoms with Crippen LogP contribution < -0.4 is 10.1 Å². The van der Waals surface area contributed by atoms with Crippen molar-refractivity contribution < 1.29 is 24.2 Å². The number of rotatable bonds is 8. The molecule has 2 fully saturated rings. The number of carbonyl (C=O) groups is 2. The molecule has 0 heterocycles. The molecule has 2 atom stereocenters. The Balaban J connectivity index is 1.67. The second-order valence-corrected chi connectivity index (χ2v) is 7.81. The van der Waals surface area contributed by atoms with Crippen LogP contribution in [0.25, 0.3) is 0 Å². The SMILES string of the molecule is CCOC1CC(NC(=O)c2ccc(OCC3CC3)cc2)(C(=O)O)C1(C)C. The van der Waals surface area contributed by atoms with Gasteiger partial charge in [-0.15, -0.1) is 0 Å². The van der Waals surface area contributed by atoms with Gasteiger partial charge < -0.3 is 19.9 Å². The summed E-state index contributed by atoms with van der Waals surface area (Å²) in [5.74, 6) is -0.0466. The molecule has 0 aromatic heterocycles. The van der Waals surface area contributed by atoms with Gasteiger partial charge in [0.25, 0.3) is 5.91 Å². The Kier molecular flexibility index (Phi) is 4.97. The first-order chi connectivity index (χ1) is 12.3. The molecular formula is C20H27NO5. The third-order valence-electron chi connectivity index (χ3n) is 5.76. The highest BCUT2D eigenvalue weighted by Gasteiger charge is 2.66. The first kappa shape index (κ1) is 18.7. The number of carboxylic acid groups (broad SMARTS) is 1. The zero-order valence-electron chi connectivity index (χ0n) is 15.6. The van der Waals surface area contributed by atoms with Crippen LogP contribution in [0.2, 0.25) is 0 Å². The second kappa shape index (κ2) is 6.91. The van der Waals surface area contributed by atoms with E-state index in [2.05, 4.69) is 5.32 Å². The van der Waals surface area contributed by atoms with Crippen molar-refractivity contribution in [2.45, 2.75) is 51.7 Å². The molecule has 3 rings (SSSR count). The van der Waals surface area contributed by atoms with Gasteiger partial charge in [-0.3, -0.25) is 4.79 Å². The maximum atomic E-state index is 12.6. The molecule has 6 heteroatoms. The summed E-state index contributed by atoms with van der Waals surface area (Å²) in [7, 11) is 0. The third kappa shape index (κ3) is 3.30. The first-order valence-corrected chi connectivity index (χ1v) is 9.20. The number of carbonyl (C=O) groups excluding carboxylic acids is 1. The van der Waals surface area contributed by atoms with Crippen molar-refractivity contribution in [1.82, 2.24) is 5.32 Å². The van der Waals surface area contributed by atoms with Crippen molar-refractivity contribution in [3.05, 3.63) is 29.8 Å². The lowest BCUT2D eigenvalue weighted by atomic mass is 9.54. The van der Waals surface area contributed by atoms with E-state index in [9.17, 15) is 14.7 Å². The number of aliphatic carboxylic acids is 1. The summed E-state index contributed by atoms with van der Waals surface area (Å²) in [5, 5.41) is 12.5. The highest BCUT2D eigenvalue weighted by atomic mass is 16.5. The smallest absolute Gasteiger partial charge is 0.330 e. The Morgan fingerprint density at radius 2 is 1.88 bits per heavy atom. The van der Waals surface area contributed by atoms with Crippen LogP contribution in [0.4, 0.5) is 0 Å². The fourth-order valence-electron chi connectivity index (χ4n) is 3.50. The molecule has 26 heavy (non-hydrogen) atoms. The molecule has 0 aliphatic heterocycles. The van der Waals surface area contributed by atoms with Crippen LogP contribution in [0.3, 0.4) is 0 Å². The van der Waals surface area contributed by atoms with Crippen molar-refractivity contribution in [1.29, 1.82) is 0 Å². The largest absolute Gasteiger partial charge is 0.493 e. The van der Waals surface area contributed by atoms with Crippen molar-refractivity contribution in [3.63, 3.8) is 0 Å². The molecule has 0 spiro atoms. The van der Waals surface area contributed by atoms with Crippen LogP contribution in [-0.4, -0.2) is 41.8 Å². The molecule has 2 aliphatic rings. The van der Waals surface area contributed by atoms with Gasteiger partial charge in [-0.2, -0.15) is 0 Å². The fraction of sp³-hybridized carbons (Fsp3) is 0.600. The van der Waals surface area contributed by atoms with Gasteiger partial charge in [0.2, 0.25) is 0 Å². The monoisotopic (exact) mass is 361 g/mol. The number of ether oxygens (including phenoxy) is 2. The number of carboxylic acids is 1. The van der Waals surface area contributed by atoms with Crippen LogP contribution in [0.1, 0.15) is 50.4 Å². The van der Waals surface area contributed by atoms with Crippen LogP contribution in [0, 0.1) is 11.3 Å². The van der Waals surface area contributed by atoms with E-state index in [1.807, 2.05) is 20.8 Å². The second-order valence-electron chi connectivity index (χ2n) is 7.81. The standard InChI is InChI=1S/C20H27NO5/c1-4-25-16-11-20(18(23)24,19(16,2)3)21-17(22)14-7-9-15(10-8-14)26-12-13-5-6-13/h7-10,13,16H,4-6,11-12H2,1-3H3,(H,21,22)(H,23,24). The lowest BCUT2D eigenvalue weighted by Crippen LogP contribution is -2.76. The molecule has 0 radical (unpaired) electrons. The number of hydrogen-bond donors (Lipinski definition) is 2. The predicted molar refractivity (Wildman–Crippen MR) is 96.3 cm³/mol. The average Bonchev–Trinajstić information content (AvgIpc) is 3.43. The fourth-order valence-corrected chi connectivity index (χ4v) is 3.50. The van der Waals surface area contributed by atoms with Crippen molar-refractivity contribution in [2.24, 2.45) is 11.3 Å². The Morgan fingerprint density at radius 1 is 1.23 bits per heavy atom. The Morgan fingerprint density at radius 3 is 2.38 bits per heavy atom. The number of nitrogens with one attached hydrogen (secondary N) is 1. The summed E-state index contributed by atoms with van der Waals surface area (Å²) >= 11 is 0. The molecule has 2 N–H and O–H groups in total. The molecular weight excluding hydrogens is 334 g/mol. The summed E-state index contributed by atoms with van der Waals surface area (Å²) in [4.78, 5) is 24.6. The zero-order valence-corrected chi connectivity index (χ0v) is 15.6. The van der Waals surface area contributed by atoms with Gasteiger partial charge in [0.15, 0.2) is 0 Å². The Labute approximate surface area is 153 Å². The molecule has 0 saturated heterocycles. The van der Waals surface area contributed by atoms with E-state index in [1.165, 1.54) is 12.8 Å². The Hall–Kier alpha value is -2.08. The van der Waals surface area contributed by atoms with Crippen molar-refractivity contribution in [3.8, 4) is 5.75 Å². The minimum Gasteiger partial charge on any atom is -0.493 e. The first-order valence-electron chi connectivity index (χ1n) is 9.20. The molecule has 0 bridgehead atoms. The van der Waals surface area contributed by atoms with E-state index in [-0.39, 0.29) is 12.5 Å². The normalized spacial score (nSPS) is 26.7. The van der Waals surface area contributed by atoms with Crippen LogP contribution in [-0.2, 0) is 9.53 Å². The van der Waals surface area contributed by atoms with Gasteiger partial charge in [-0.05, 0) is 49.9 Å². The van der Waals surface area contributed by atoms with Gasteiger partial charge in [-0.25, -0.2) is 4.79 Å². The quantitative estimate of drug-likeness (QED) is 0.744. The van der Waals surface area contributed by atoms with Gasteiger partial charge in [0.05, 0.1) is 12.7 Å². The van der Waals surface area contributed by atoms with E-state index in [4.69, 9.17) is 9.47 Å². The van der Waals surface area contributed by atoms with E-state index in [1.54, 1.807) is 24.3 Å². The predicted octanol–water partition coefficient (Wildman–Crippen LogP) is 2.86. The molecule has 1 aromatic carbocycles. The maximum absolute atomic E-state index is 12.6. The summed E-state index contributed by atoms with van der Waals surface area (Å²) in [6, 6.07) is 6.83. The molecule has 2 aliphatic carbocycles. The van der Waals surface area contributed by atoms with Gasteiger partial charge >= 0.3 is 5.97 Å². The summed E-state index contributed by atoms with van der Waals surface area (Å²) in [6.45, 7) is 6.74. The van der Waals surface area contributed by atoms with E-state index in [0.717, 1.165) is 5.75 Å². The summed E-state index contributed by atoms with van der Waals surface area (Å²) in [5.41, 5.74) is -1.61. The minimum absolute atomic E-state index is 0.192. The average molecular weight is 361 g/mol. The maximum Gasteiger partial charge on any atom is 0.330 e. The van der Waals surface area contributed by atoms with E-state index >= 15 is 0 Å². The lowest BCUT2D eigenvalue weighted by molar-refractivity contribution is -0.190. The van der Waals surface area contributed by atoms with Crippen LogP contribution >= 0.6 is 0 Å². The lowest BCUT2D eigenvalue weighted by Gasteiger charge is -2.58. The molecule has 142 valence electrons. The molecule has 6 nitrogen and oxygen atoms in total. The van der Waals surface area contributed by atoms with Gasteiger partial charge in [0, 0.05) is 24.0 Å². The van der Waals surface area contributed by atoms with Crippen LogP contribution in [0.15, 0.2) is 24.3 Å².